The molecule has 24 heavy (non-hydrogen) atoms. The molecule has 0 bridgehead atoms. The van der Waals surface area contributed by atoms with Gasteiger partial charge in [0, 0.05) is 13.1 Å². The Morgan fingerprint density at radius 3 is 2.42 bits per heavy atom. The Kier molecular flexibility index (Phi) is 5.25. The third kappa shape index (κ3) is 3.91. The first kappa shape index (κ1) is 18.4. The first-order valence-corrected chi connectivity index (χ1v) is 8.27. The van der Waals surface area contributed by atoms with Gasteiger partial charge < -0.3 is 24.4 Å². The SMILES string of the molecule is CCOC(=O)C1(C2CNC(=O)O2)CCN(C(=O)OC(C)(C)C)CC1. The number of carbonyl (C=O) groups excluding carboxylic acids is 3. The highest BCUT2D eigenvalue weighted by atomic mass is 16.6. The zero-order valence-electron chi connectivity index (χ0n) is 14.7. The Labute approximate surface area is 141 Å². The lowest BCUT2D eigenvalue weighted by Crippen LogP contribution is -2.54. The van der Waals surface area contributed by atoms with E-state index in [1.807, 2.05) is 0 Å². The number of ether oxygens (including phenoxy) is 3. The molecule has 1 atom stereocenters. The smallest absolute Gasteiger partial charge is 0.410 e. The van der Waals surface area contributed by atoms with E-state index in [1.165, 1.54) is 0 Å². The Bertz CT molecular complexity index is 505. The Hall–Kier alpha value is -1.99. The van der Waals surface area contributed by atoms with Gasteiger partial charge in [-0.15, -0.1) is 0 Å². The van der Waals surface area contributed by atoms with Crippen molar-refractivity contribution in [2.24, 2.45) is 5.41 Å². The molecule has 0 saturated carbocycles. The van der Waals surface area contributed by atoms with Crippen LogP contribution in [0.3, 0.4) is 0 Å². The van der Waals surface area contributed by atoms with E-state index < -0.39 is 29.3 Å². The molecule has 0 radical (unpaired) electrons. The van der Waals surface area contributed by atoms with Crippen molar-refractivity contribution in [2.75, 3.05) is 26.2 Å². The van der Waals surface area contributed by atoms with E-state index in [2.05, 4.69) is 5.32 Å². The summed E-state index contributed by atoms with van der Waals surface area (Å²) in [7, 11) is 0. The average molecular weight is 342 g/mol. The molecular weight excluding hydrogens is 316 g/mol. The zero-order valence-corrected chi connectivity index (χ0v) is 14.7. The molecule has 1 N–H and O–H groups in total. The van der Waals surface area contributed by atoms with Crippen LogP contribution >= 0.6 is 0 Å². The second-order valence-corrected chi connectivity index (χ2v) is 7.12. The number of alkyl carbamates (subject to hydrolysis) is 1. The van der Waals surface area contributed by atoms with Crippen LogP contribution in [0.25, 0.3) is 0 Å². The summed E-state index contributed by atoms with van der Waals surface area (Å²) >= 11 is 0. The number of likely N-dealkylation sites (tertiary alicyclic amines) is 1. The molecule has 1 unspecified atom stereocenters. The summed E-state index contributed by atoms with van der Waals surface area (Å²) in [6.45, 7) is 8.38. The second-order valence-electron chi connectivity index (χ2n) is 7.12. The van der Waals surface area contributed by atoms with Crippen molar-refractivity contribution in [1.29, 1.82) is 0 Å². The fraction of sp³-hybridized carbons (Fsp3) is 0.812. The number of esters is 1. The van der Waals surface area contributed by atoms with Crippen LogP contribution in [0.2, 0.25) is 0 Å². The number of nitrogens with one attached hydrogen (secondary N) is 1. The first-order valence-electron chi connectivity index (χ1n) is 8.27. The molecule has 2 saturated heterocycles. The normalized spacial score (nSPS) is 23.2. The van der Waals surface area contributed by atoms with Crippen LogP contribution in [-0.4, -0.2) is 61.0 Å². The van der Waals surface area contributed by atoms with Crippen LogP contribution < -0.4 is 5.32 Å². The lowest BCUT2D eigenvalue weighted by molar-refractivity contribution is -0.166. The third-order valence-electron chi connectivity index (χ3n) is 4.29. The summed E-state index contributed by atoms with van der Waals surface area (Å²) in [6.07, 6.45) is -0.778. The minimum Gasteiger partial charge on any atom is -0.465 e. The minimum absolute atomic E-state index is 0.254. The first-order chi connectivity index (χ1) is 11.2. The van der Waals surface area contributed by atoms with Crippen LogP contribution in [0.4, 0.5) is 9.59 Å². The largest absolute Gasteiger partial charge is 0.465 e. The van der Waals surface area contributed by atoms with Crippen LogP contribution in [-0.2, 0) is 19.0 Å². The molecule has 2 heterocycles. The van der Waals surface area contributed by atoms with E-state index in [4.69, 9.17) is 14.2 Å². The molecule has 8 heteroatoms. The number of piperidine rings is 1. The van der Waals surface area contributed by atoms with Crippen LogP contribution in [0, 0.1) is 5.41 Å². The number of rotatable bonds is 3. The summed E-state index contributed by atoms with van der Waals surface area (Å²) < 4.78 is 15.8. The molecule has 8 nitrogen and oxygen atoms in total. The van der Waals surface area contributed by atoms with Gasteiger partial charge in [-0.05, 0) is 40.5 Å². The topological polar surface area (TPSA) is 94.2 Å². The predicted molar refractivity (Wildman–Crippen MR) is 84.4 cm³/mol. The van der Waals surface area contributed by atoms with Gasteiger partial charge >= 0.3 is 18.2 Å². The molecule has 2 amide bonds. The summed E-state index contributed by atoms with van der Waals surface area (Å²) in [5.41, 5.74) is -1.49. The molecule has 0 aliphatic carbocycles. The monoisotopic (exact) mass is 342 g/mol. The summed E-state index contributed by atoms with van der Waals surface area (Å²) in [6, 6.07) is 0. The standard InChI is InChI=1S/C16H26N2O6/c1-5-22-12(19)16(11-10-17-13(20)23-11)6-8-18(9-7-16)14(21)24-15(2,3)4/h11H,5-10H2,1-4H3,(H,17,20). The summed E-state index contributed by atoms with van der Waals surface area (Å²) in [4.78, 5) is 37.7. The highest BCUT2D eigenvalue weighted by Gasteiger charge is 2.53. The van der Waals surface area contributed by atoms with Crippen molar-refractivity contribution >= 4 is 18.2 Å². The maximum absolute atomic E-state index is 12.5. The van der Waals surface area contributed by atoms with Crippen molar-refractivity contribution in [3.05, 3.63) is 0 Å². The van der Waals surface area contributed by atoms with E-state index >= 15 is 0 Å². The van der Waals surface area contributed by atoms with E-state index in [-0.39, 0.29) is 19.1 Å². The molecule has 0 aromatic heterocycles. The van der Waals surface area contributed by atoms with Gasteiger partial charge in [0.15, 0.2) is 0 Å². The zero-order chi connectivity index (χ0) is 18.0. The summed E-state index contributed by atoms with van der Waals surface area (Å²) in [5, 5.41) is 2.58. The quantitative estimate of drug-likeness (QED) is 0.619. The van der Waals surface area contributed by atoms with Gasteiger partial charge in [0.1, 0.15) is 17.1 Å². The van der Waals surface area contributed by atoms with Crippen molar-refractivity contribution in [3.63, 3.8) is 0 Å². The number of carbonyl (C=O) groups is 3. The summed E-state index contributed by atoms with van der Waals surface area (Å²) in [5.74, 6) is -0.379. The van der Waals surface area contributed by atoms with Crippen LogP contribution in [0.5, 0.6) is 0 Å². The number of amides is 2. The third-order valence-corrected chi connectivity index (χ3v) is 4.29. The highest BCUT2D eigenvalue weighted by Crippen LogP contribution is 2.39. The van der Waals surface area contributed by atoms with Gasteiger partial charge in [0.25, 0.3) is 0 Å². The molecular formula is C16H26N2O6. The van der Waals surface area contributed by atoms with Crippen LogP contribution in [0.15, 0.2) is 0 Å². The van der Waals surface area contributed by atoms with Gasteiger partial charge in [-0.1, -0.05) is 0 Å². The average Bonchev–Trinajstić information content (AvgIpc) is 2.93. The lowest BCUT2D eigenvalue weighted by Gasteiger charge is -2.42. The van der Waals surface area contributed by atoms with Gasteiger partial charge in [-0.3, -0.25) is 4.79 Å². The Balaban J connectivity index is 2.08. The fourth-order valence-electron chi connectivity index (χ4n) is 3.04. The van der Waals surface area contributed by atoms with Crippen molar-refractivity contribution in [2.45, 2.75) is 52.2 Å². The van der Waals surface area contributed by atoms with Crippen molar-refractivity contribution in [3.8, 4) is 0 Å². The number of hydrogen-bond donors (Lipinski definition) is 1. The molecule has 0 spiro atoms. The molecule has 2 rings (SSSR count). The maximum atomic E-state index is 12.5. The fourth-order valence-corrected chi connectivity index (χ4v) is 3.04. The van der Waals surface area contributed by atoms with Crippen molar-refractivity contribution < 1.29 is 28.6 Å². The second kappa shape index (κ2) is 6.86. The van der Waals surface area contributed by atoms with Crippen molar-refractivity contribution in [1.82, 2.24) is 10.2 Å². The van der Waals surface area contributed by atoms with E-state index in [0.29, 0.717) is 25.9 Å². The predicted octanol–water partition coefficient (Wildman–Crippen LogP) is 1.68. The Morgan fingerprint density at radius 1 is 1.33 bits per heavy atom. The number of hydrogen-bond acceptors (Lipinski definition) is 6. The molecule has 2 fully saturated rings. The lowest BCUT2D eigenvalue weighted by atomic mass is 9.73. The number of nitrogens with zero attached hydrogens (tertiary/aromatic N) is 1. The molecule has 2 aliphatic heterocycles. The maximum Gasteiger partial charge on any atom is 0.410 e. The molecule has 2 aliphatic rings. The van der Waals surface area contributed by atoms with E-state index in [9.17, 15) is 14.4 Å². The van der Waals surface area contributed by atoms with Gasteiger partial charge in [-0.2, -0.15) is 0 Å². The van der Waals surface area contributed by atoms with Gasteiger partial charge in [0.2, 0.25) is 0 Å². The van der Waals surface area contributed by atoms with E-state index in [0.717, 1.165) is 0 Å². The Morgan fingerprint density at radius 2 is 1.96 bits per heavy atom. The molecule has 136 valence electrons. The van der Waals surface area contributed by atoms with Gasteiger partial charge in [0.05, 0.1) is 13.2 Å². The minimum atomic E-state index is -0.923. The molecule has 0 aromatic rings. The highest BCUT2D eigenvalue weighted by molar-refractivity contribution is 5.80. The number of cyclic esters (lactones) is 1. The van der Waals surface area contributed by atoms with Gasteiger partial charge in [-0.25, -0.2) is 9.59 Å². The van der Waals surface area contributed by atoms with Crippen LogP contribution in [0.1, 0.15) is 40.5 Å². The molecule has 0 aromatic carbocycles. The van der Waals surface area contributed by atoms with E-state index in [1.54, 1.807) is 32.6 Å².